The molecule has 0 unspecified atom stereocenters. The molecule has 0 saturated carbocycles. The lowest BCUT2D eigenvalue weighted by Crippen LogP contribution is -2.05. The number of anilines is 1. The van der Waals surface area contributed by atoms with Gasteiger partial charge in [-0.2, -0.15) is 0 Å². The Balaban J connectivity index is 2.47. The standard InChI is InChI=1S/C14H11Cl2NO/c1-8-2-5-13(17)10(6-8)14(18)9-3-4-11(15)12(16)7-9/h2-7H,17H2,1H3. The van der Waals surface area contributed by atoms with E-state index in [0.29, 0.717) is 26.9 Å². The Morgan fingerprint density at radius 3 is 2.44 bits per heavy atom. The molecule has 0 spiro atoms. The van der Waals surface area contributed by atoms with Gasteiger partial charge < -0.3 is 5.73 Å². The number of rotatable bonds is 2. The molecule has 4 heteroatoms. The summed E-state index contributed by atoms with van der Waals surface area (Å²) in [6.07, 6.45) is 0. The molecule has 0 aromatic heterocycles. The predicted molar refractivity (Wildman–Crippen MR) is 75.5 cm³/mol. The van der Waals surface area contributed by atoms with Gasteiger partial charge in [0.15, 0.2) is 5.78 Å². The fourth-order valence-corrected chi connectivity index (χ4v) is 1.96. The van der Waals surface area contributed by atoms with Gasteiger partial charge in [0.1, 0.15) is 0 Å². The van der Waals surface area contributed by atoms with Gasteiger partial charge >= 0.3 is 0 Å². The van der Waals surface area contributed by atoms with Crippen LogP contribution in [-0.2, 0) is 0 Å². The number of halogens is 2. The van der Waals surface area contributed by atoms with Gasteiger partial charge in [-0.3, -0.25) is 4.79 Å². The van der Waals surface area contributed by atoms with Gasteiger partial charge in [-0.15, -0.1) is 0 Å². The third-order valence-electron chi connectivity index (χ3n) is 2.64. The number of carbonyl (C=O) groups excluding carboxylic acids is 1. The Labute approximate surface area is 115 Å². The number of ketones is 1. The lowest BCUT2D eigenvalue weighted by Gasteiger charge is -2.07. The number of nitrogen functional groups attached to an aromatic ring is 1. The molecule has 0 atom stereocenters. The second-order valence-electron chi connectivity index (χ2n) is 4.05. The van der Waals surface area contributed by atoms with Crippen LogP contribution in [0.4, 0.5) is 5.69 Å². The molecule has 0 aliphatic rings. The highest BCUT2D eigenvalue weighted by atomic mass is 35.5. The molecular weight excluding hydrogens is 269 g/mol. The molecule has 0 fully saturated rings. The zero-order chi connectivity index (χ0) is 13.3. The van der Waals surface area contributed by atoms with Crippen molar-refractivity contribution in [3.8, 4) is 0 Å². The van der Waals surface area contributed by atoms with E-state index in [2.05, 4.69) is 0 Å². The normalized spacial score (nSPS) is 10.4. The second kappa shape index (κ2) is 5.01. The van der Waals surface area contributed by atoms with Gasteiger partial charge in [-0.25, -0.2) is 0 Å². The van der Waals surface area contributed by atoms with Crippen molar-refractivity contribution in [3.05, 3.63) is 63.1 Å². The molecule has 0 aliphatic heterocycles. The third kappa shape index (κ3) is 2.50. The minimum Gasteiger partial charge on any atom is -0.398 e. The average molecular weight is 280 g/mol. The van der Waals surface area contributed by atoms with Crippen molar-refractivity contribution in [2.24, 2.45) is 0 Å². The average Bonchev–Trinajstić information content (AvgIpc) is 2.35. The van der Waals surface area contributed by atoms with Crippen molar-refractivity contribution >= 4 is 34.7 Å². The van der Waals surface area contributed by atoms with Crippen LogP contribution >= 0.6 is 23.2 Å². The van der Waals surface area contributed by atoms with E-state index in [1.165, 1.54) is 0 Å². The Morgan fingerprint density at radius 2 is 1.78 bits per heavy atom. The Bertz CT molecular complexity index is 623. The zero-order valence-electron chi connectivity index (χ0n) is 9.71. The van der Waals surface area contributed by atoms with E-state index >= 15 is 0 Å². The fraction of sp³-hybridized carbons (Fsp3) is 0.0714. The van der Waals surface area contributed by atoms with Crippen LogP contribution in [0, 0.1) is 6.92 Å². The van der Waals surface area contributed by atoms with Gasteiger partial charge in [0.05, 0.1) is 10.0 Å². The van der Waals surface area contributed by atoms with Crippen LogP contribution in [-0.4, -0.2) is 5.78 Å². The third-order valence-corrected chi connectivity index (χ3v) is 3.37. The number of aryl methyl sites for hydroxylation is 1. The molecule has 0 radical (unpaired) electrons. The first-order chi connectivity index (χ1) is 8.49. The summed E-state index contributed by atoms with van der Waals surface area (Å²) in [6.45, 7) is 1.91. The Hall–Kier alpha value is -1.51. The molecular formula is C14H11Cl2NO. The Kier molecular flexibility index (Phi) is 3.60. The maximum absolute atomic E-state index is 12.3. The highest BCUT2D eigenvalue weighted by molar-refractivity contribution is 6.42. The van der Waals surface area contributed by atoms with Crippen molar-refractivity contribution in [1.29, 1.82) is 0 Å². The van der Waals surface area contributed by atoms with Crippen LogP contribution in [0.25, 0.3) is 0 Å². The van der Waals surface area contributed by atoms with E-state index < -0.39 is 0 Å². The van der Waals surface area contributed by atoms with Gasteiger partial charge in [0.25, 0.3) is 0 Å². The van der Waals surface area contributed by atoms with Gasteiger partial charge in [0, 0.05) is 16.8 Å². The molecule has 2 nitrogen and oxygen atoms in total. The molecule has 0 saturated heterocycles. The first-order valence-electron chi connectivity index (χ1n) is 5.35. The van der Waals surface area contributed by atoms with E-state index in [0.717, 1.165) is 5.56 Å². The smallest absolute Gasteiger partial charge is 0.195 e. The highest BCUT2D eigenvalue weighted by Gasteiger charge is 2.13. The maximum Gasteiger partial charge on any atom is 0.195 e. The molecule has 0 amide bonds. The van der Waals surface area contributed by atoms with E-state index in [1.807, 2.05) is 13.0 Å². The van der Waals surface area contributed by atoms with Gasteiger partial charge in [-0.1, -0.05) is 34.8 Å². The monoisotopic (exact) mass is 279 g/mol. The number of carbonyl (C=O) groups is 1. The molecule has 2 aromatic carbocycles. The molecule has 0 aliphatic carbocycles. The molecule has 92 valence electrons. The largest absolute Gasteiger partial charge is 0.398 e. The highest BCUT2D eigenvalue weighted by Crippen LogP contribution is 2.25. The summed E-state index contributed by atoms with van der Waals surface area (Å²) in [6, 6.07) is 10.1. The number of hydrogen-bond donors (Lipinski definition) is 1. The maximum atomic E-state index is 12.3. The van der Waals surface area contributed by atoms with Crippen molar-refractivity contribution in [2.75, 3.05) is 5.73 Å². The molecule has 2 N–H and O–H groups in total. The van der Waals surface area contributed by atoms with Crippen molar-refractivity contribution in [1.82, 2.24) is 0 Å². The first-order valence-corrected chi connectivity index (χ1v) is 6.10. The Morgan fingerprint density at radius 1 is 1.06 bits per heavy atom. The summed E-state index contributed by atoms with van der Waals surface area (Å²) in [4.78, 5) is 12.3. The molecule has 0 bridgehead atoms. The summed E-state index contributed by atoms with van der Waals surface area (Å²) >= 11 is 11.7. The lowest BCUT2D eigenvalue weighted by molar-refractivity contribution is 0.103. The fourth-order valence-electron chi connectivity index (χ4n) is 1.66. The summed E-state index contributed by atoms with van der Waals surface area (Å²) in [7, 11) is 0. The van der Waals surface area contributed by atoms with Crippen LogP contribution in [0.15, 0.2) is 36.4 Å². The lowest BCUT2D eigenvalue weighted by atomic mass is 10.00. The molecule has 2 rings (SSSR count). The van der Waals surface area contributed by atoms with Gasteiger partial charge in [-0.05, 0) is 37.3 Å². The minimum atomic E-state index is -0.158. The van der Waals surface area contributed by atoms with E-state index in [1.54, 1.807) is 30.3 Å². The molecule has 0 heterocycles. The van der Waals surface area contributed by atoms with Crippen LogP contribution in [0.1, 0.15) is 21.5 Å². The summed E-state index contributed by atoms with van der Waals surface area (Å²) in [5.74, 6) is -0.158. The van der Waals surface area contributed by atoms with Crippen LogP contribution in [0.5, 0.6) is 0 Å². The van der Waals surface area contributed by atoms with E-state index in [-0.39, 0.29) is 5.78 Å². The SMILES string of the molecule is Cc1ccc(N)c(C(=O)c2ccc(Cl)c(Cl)c2)c1. The number of hydrogen-bond acceptors (Lipinski definition) is 2. The van der Waals surface area contributed by atoms with Crippen LogP contribution in [0.3, 0.4) is 0 Å². The quantitative estimate of drug-likeness (QED) is 0.664. The summed E-state index contributed by atoms with van der Waals surface area (Å²) in [5, 5.41) is 0.777. The van der Waals surface area contributed by atoms with E-state index in [9.17, 15) is 4.79 Å². The predicted octanol–water partition coefficient (Wildman–Crippen LogP) is 4.12. The summed E-state index contributed by atoms with van der Waals surface area (Å²) < 4.78 is 0. The van der Waals surface area contributed by atoms with Crippen LogP contribution in [0.2, 0.25) is 10.0 Å². The number of nitrogens with two attached hydrogens (primary N) is 1. The second-order valence-corrected chi connectivity index (χ2v) is 4.86. The first kappa shape index (κ1) is 12.9. The van der Waals surface area contributed by atoms with Crippen molar-refractivity contribution in [2.45, 2.75) is 6.92 Å². The molecule has 18 heavy (non-hydrogen) atoms. The minimum absolute atomic E-state index is 0.158. The van der Waals surface area contributed by atoms with Gasteiger partial charge in [0.2, 0.25) is 0 Å². The van der Waals surface area contributed by atoms with E-state index in [4.69, 9.17) is 28.9 Å². The van der Waals surface area contributed by atoms with Crippen molar-refractivity contribution in [3.63, 3.8) is 0 Å². The van der Waals surface area contributed by atoms with Crippen LogP contribution < -0.4 is 5.73 Å². The van der Waals surface area contributed by atoms with Crippen molar-refractivity contribution < 1.29 is 4.79 Å². The molecule has 2 aromatic rings. The summed E-state index contributed by atoms with van der Waals surface area (Å²) in [5.41, 5.74) is 8.20. The topological polar surface area (TPSA) is 43.1 Å². The number of benzene rings is 2. The zero-order valence-corrected chi connectivity index (χ0v) is 11.2.